The van der Waals surface area contributed by atoms with Crippen molar-refractivity contribution in [3.8, 4) is 11.3 Å². The van der Waals surface area contributed by atoms with Crippen LogP contribution in [0.4, 0.5) is 8.78 Å². The van der Waals surface area contributed by atoms with Gasteiger partial charge < -0.3 is 4.90 Å². The first-order valence-corrected chi connectivity index (χ1v) is 11.2. The number of benzene rings is 2. The molecule has 5 nitrogen and oxygen atoms in total. The number of fused-ring (bicyclic) bond motifs is 5. The van der Waals surface area contributed by atoms with Gasteiger partial charge in [-0.05, 0) is 61.4 Å². The second-order valence-electron chi connectivity index (χ2n) is 8.95. The van der Waals surface area contributed by atoms with E-state index < -0.39 is 11.6 Å². The van der Waals surface area contributed by atoms with Gasteiger partial charge in [-0.1, -0.05) is 6.07 Å². The summed E-state index contributed by atoms with van der Waals surface area (Å²) >= 11 is 0. The number of amides is 1. The van der Waals surface area contributed by atoms with Crippen LogP contribution in [0.2, 0.25) is 0 Å². The Balaban J connectivity index is 1.42. The molecule has 1 saturated heterocycles. The van der Waals surface area contributed by atoms with Crippen LogP contribution in [0.3, 0.4) is 0 Å². The largest absolute Gasteiger partial charge is 0.327 e. The molecule has 4 heterocycles. The van der Waals surface area contributed by atoms with Crippen LogP contribution in [0.5, 0.6) is 0 Å². The lowest BCUT2D eigenvalue weighted by atomic mass is 9.81. The molecule has 0 saturated carbocycles. The van der Waals surface area contributed by atoms with Crippen molar-refractivity contribution in [3.63, 3.8) is 0 Å². The van der Waals surface area contributed by atoms with Gasteiger partial charge in [-0.3, -0.25) is 14.5 Å². The van der Waals surface area contributed by atoms with Crippen molar-refractivity contribution in [2.45, 2.75) is 37.8 Å². The third kappa shape index (κ3) is 3.22. The van der Waals surface area contributed by atoms with Crippen LogP contribution < -0.4 is 0 Å². The number of pyridine rings is 1. The number of carbonyl (C=O) groups is 1. The Kier molecular flexibility index (Phi) is 4.54. The first kappa shape index (κ1) is 20.0. The van der Waals surface area contributed by atoms with Gasteiger partial charge in [-0.2, -0.15) is 5.10 Å². The molecule has 2 aromatic carbocycles. The molecule has 0 radical (unpaired) electrons. The smallest absolute Gasteiger partial charge is 0.254 e. The van der Waals surface area contributed by atoms with E-state index in [-0.39, 0.29) is 18.0 Å². The molecule has 6 rings (SSSR count). The summed E-state index contributed by atoms with van der Waals surface area (Å²) in [6, 6.07) is 11.1. The van der Waals surface area contributed by atoms with Crippen LogP contribution in [-0.2, 0) is 13.5 Å². The maximum atomic E-state index is 14.0. The molecular weight excluding hydrogens is 422 g/mol. The van der Waals surface area contributed by atoms with E-state index in [4.69, 9.17) is 5.10 Å². The van der Waals surface area contributed by atoms with Gasteiger partial charge in [-0.15, -0.1) is 0 Å². The van der Waals surface area contributed by atoms with E-state index in [9.17, 15) is 13.6 Å². The van der Waals surface area contributed by atoms with Crippen molar-refractivity contribution in [3.05, 3.63) is 83.3 Å². The first-order chi connectivity index (χ1) is 16.0. The zero-order chi connectivity index (χ0) is 22.7. The van der Waals surface area contributed by atoms with Crippen molar-refractivity contribution in [2.24, 2.45) is 7.05 Å². The van der Waals surface area contributed by atoms with Gasteiger partial charge in [0.1, 0.15) is 11.6 Å². The van der Waals surface area contributed by atoms with E-state index >= 15 is 0 Å². The topological polar surface area (TPSA) is 51.0 Å². The number of aromatic nitrogens is 3. The number of hydrogen-bond donors (Lipinski definition) is 0. The van der Waals surface area contributed by atoms with Gasteiger partial charge in [0.05, 0.1) is 17.4 Å². The molecule has 33 heavy (non-hydrogen) atoms. The zero-order valence-corrected chi connectivity index (χ0v) is 18.1. The third-order valence-electron chi connectivity index (χ3n) is 6.93. The average molecular weight is 444 g/mol. The molecule has 1 fully saturated rings. The minimum Gasteiger partial charge on any atom is -0.327 e. The molecule has 2 atom stereocenters. The number of carbonyl (C=O) groups excluding carboxylic acids is 1. The van der Waals surface area contributed by atoms with Crippen molar-refractivity contribution in [1.82, 2.24) is 19.7 Å². The van der Waals surface area contributed by atoms with Gasteiger partial charge >= 0.3 is 0 Å². The molecule has 0 spiro atoms. The highest BCUT2D eigenvalue weighted by Crippen LogP contribution is 2.45. The quantitative estimate of drug-likeness (QED) is 0.427. The molecule has 2 aliphatic rings. The van der Waals surface area contributed by atoms with Crippen LogP contribution in [0, 0.1) is 11.6 Å². The third-order valence-corrected chi connectivity index (χ3v) is 6.93. The predicted molar refractivity (Wildman–Crippen MR) is 121 cm³/mol. The molecule has 2 bridgehead atoms. The van der Waals surface area contributed by atoms with E-state index in [2.05, 4.69) is 4.98 Å². The summed E-state index contributed by atoms with van der Waals surface area (Å²) in [6.45, 7) is 0. The molecule has 2 aliphatic heterocycles. The highest BCUT2D eigenvalue weighted by molar-refractivity contribution is 5.99. The molecule has 7 heteroatoms. The van der Waals surface area contributed by atoms with Crippen LogP contribution >= 0.6 is 0 Å². The van der Waals surface area contributed by atoms with Gasteiger partial charge in [0.2, 0.25) is 0 Å². The van der Waals surface area contributed by atoms with Crippen LogP contribution in [-0.4, -0.2) is 31.6 Å². The minimum absolute atomic E-state index is 0.00916. The SMILES string of the molecule is Cn1nc2c(c1-c1cc(F)cc(F)c1)C[C@H]1CCC[C@@H]2N1C(=O)c1ccc2ccncc2c1. The van der Waals surface area contributed by atoms with Gasteiger partial charge in [0, 0.05) is 53.6 Å². The van der Waals surface area contributed by atoms with Crippen molar-refractivity contribution >= 4 is 16.7 Å². The summed E-state index contributed by atoms with van der Waals surface area (Å²) in [4.78, 5) is 19.8. The van der Waals surface area contributed by atoms with Gasteiger partial charge in [-0.25, -0.2) is 8.78 Å². The van der Waals surface area contributed by atoms with Crippen LogP contribution in [0.1, 0.15) is 46.9 Å². The van der Waals surface area contributed by atoms with Crippen molar-refractivity contribution in [1.29, 1.82) is 0 Å². The lowest BCUT2D eigenvalue weighted by Crippen LogP contribution is -2.49. The number of nitrogens with zero attached hydrogens (tertiary/aromatic N) is 4. The second-order valence-corrected chi connectivity index (χ2v) is 8.95. The monoisotopic (exact) mass is 444 g/mol. The van der Waals surface area contributed by atoms with E-state index in [0.717, 1.165) is 53.1 Å². The number of piperidine rings is 1. The summed E-state index contributed by atoms with van der Waals surface area (Å²) in [5, 5.41) is 6.72. The van der Waals surface area contributed by atoms with Crippen molar-refractivity contribution in [2.75, 3.05) is 0 Å². The Labute approximate surface area is 189 Å². The summed E-state index contributed by atoms with van der Waals surface area (Å²) in [5.41, 5.74) is 3.67. The van der Waals surface area contributed by atoms with E-state index in [0.29, 0.717) is 17.5 Å². The molecule has 0 N–H and O–H groups in total. The summed E-state index contributed by atoms with van der Waals surface area (Å²) < 4.78 is 29.6. The fourth-order valence-electron chi connectivity index (χ4n) is 5.57. The number of halogens is 2. The van der Waals surface area contributed by atoms with E-state index in [1.165, 1.54) is 12.1 Å². The lowest BCUT2D eigenvalue weighted by Gasteiger charge is -2.45. The summed E-state index contributed by atoms with van der Waals surface area (Å²) in [6.07, 6.45) is 6.85. The Bertz CT molecular complexity index is 1390. The standard InChI is InChI=1S/C26H22F2N4O/c1-31-25(17-10-19(27)12-20(28)11-17)22-13-21-3-2-4-23(24(22)30-31)32(21)26(33)16-6-5-15-7-8-29-14-18(15)9-16/h5-12,14,21,23H,2-4,13H2,1H3/t21-,23+/m1/s1. The zero-order valence-electron chi connectivity index (χ0n) is 18.1. The molecule has 0 unspecified atom stereocenters. The molecular formula is C26H22F2N4O. The summed E-state index contributed by atoms with van der Waals surface area (Å²) in [5.74, 6) is -1.23. The molecule has 0 aliphatic carbocycles. The Morgan fingerprint density at radius 3 is 2.67 bits per heavy atom. The second kappa shape index (κ2) is 7.47. The maximum Gasteiger partial charge on any atom is 0.254 e. The fourth-order valence-corrected chi connectivity index (χ4v) is 5.57. The van der Waals surface area contributed by atoms with Gasteiger partial charge in [0.15, 0.2) is 0 Å². The minimum atomic E-state index is -0.612. The highest BCUT2D eigenvalue weighted by atomic mass is 19.1. The van der Waals surface area contributed by atoms with E-state index in [1.807, 2.05) is 29.2 Å². The normalized spacial score (nSPS) is 19.5. The fraction of sp³-hybridized carbons (Fsp3) is 0.269. The predicted octanol–water partition coefficient (Wildman–Crippen LogP) is 5.21. The van der Waals surface area contributed by atoms with E-state index in [1.54, 1.807) is 24.1 Å². The van der Waals surface area contributed by atoms with Crippen LogP contribution in [0.15, 0.2) is 54.9 Å². The first-order valence-electron chi connectivity index (χ1n) is 11.2. The van der Waals surface area contributed by atoms with Crippen molar-refractivity contribution < 1.29 is 13.6 Å². The number of rotatable bonds is 2. The molecule has 2 aromatic heterocycles. The Morgan fingerprint density at radius 1 is 1.03 bits per heavy atom. The maximum absolute atomic E-state index is 14.0. The number of aryl methyl sites for hydroxylation is 1. The Morgan fingerprint density at radius 2 is 1.85 bits per heavy atom. The highest BCUT2D eigenvalue weighted by Gasteiger charge is 2.43. The lowest BCUT2D eigenvalue weighted by molar-refractivity contribution is 0.0392. The number of hydrogen-bond acceptors (Lipinski definition) is 3. The molecule has 4 aromatic rings. The van der Waals surface area contributed by atoms with Gasteiger partial charge in [0.25, 0.3) is 5.91 Å². The van der Waals surface area contributed by atoms with Crippen LogP contribution in [0.25, 0.3) is 22.0 Å². The Hall–Kier alpha value is -3.61. The molecule has 1 amide bonds. The average Bonchev–Trinajstić information content (AvgIpc) is 3.13. The summed E-state index contributed by atoms with van der Waals surface area (Å²) in [7, 11) is 1.79. The molecule has 166 valence electrons.